The van der Waals surface area contributed by atoms with Gasteiger partial charge in [-0.05, 0) is 85.7 Å². The van der Waals surface area contributed by atoms with Crippen molar-refractivity contribution in [3.63, 3.8) is 0 Å². The second-order valence-electron chi connectivity index (χ2n) is 9.49. The smallest absolute Gasteiger partial charge is 0.322 e. The average molecular weight is 518 g/mol. The van der Waals surface area contributed by atoms with E-state index in [2.05, 4.69) is 40.3 Å². The highest BCUT2D eigenvalue weighted by molar-refractivity contribution is 7.15. The number of nitrogens with one attached hydrogen (secondary N) is 1. The molecule has 0 fully saturated rings. The molecule has 2 amide bonds. The normalized spacial score (nSPS) is 16.5. The number of amides is 2. The predicted octanol–water partition coefficient (Wildman–Crippen LogP) is 7.53. The number of methoxy groups -OCH3 is 1. The summed E-state index contributed by atoms with van der Waals surface area (Å²) in [6.07, 6.45) is 6.77. The van der Waals surface area contributed by atoms with Gasteiger partial charge in [-0.25, -0.2) is 4.79 Å². The number of thiophene rings is 1. The molecule has 1 N–H and O–H groups in total. The molecule has 5 nitrogen and oxygen atoms in total. The molecule has 3 heterocycles. The third-order valence-corrected chi connectivity index (χ3v) is 8.88. The number of hydrogen-bond acceptors (Lipinski definition) is 3. The van der Waals surface area contributed by atoms with Crippen LogP contribution in [0.15, 0.2) is 60.8 Å². The Labute approximate surface area is 220 Å². The lowest BCUT2D eigenvalue weighted by Crippen LogP contribution is -2.38. The molecule has 1 aliphatic heterocycles. The molecule has 4 aromatic rings. The van der Waals surface area contributed by atoms with Gasteiger partial charge in [0.05, 0.1) is 25.4 Å². The minimum atomic E-state index is -0.260. The third kappa shape index (κ3) is 3.98. The molecule has 0 saturated carbocycles. The van der Waals surface area contributed by atoms with Crippen LogP contribution >= 0.6 is 22.9 Å². The van der Waals surface area contributed by atoms with Gasteiger partial charge in [-0.15, -0.1) is 11.3 Å². The number of fused-ring (bicyclic) bond motifs is 5. The van der Waals surface area contributed by atoms with Crippen LogP contribution in [0.1, 0.15) is 51.7 Å². The van der Waals surface area contributed by atoms with Crippen molar-refractivity contribution in [3.8, 4) is 10.8 Å². The molecule has 2 aliphatic rings. The maximum absolute atomic E-state index is 14.1. The molecule has 6 rings (SSSR count). The number of aryl methyl sites for hydroxylation is 2. The van der Waals surface area contributed by atoms with E-state index in [0.29, 0.717) is 11.6 Å². The number of ether oxygens (including phenoxy) is 1. The Bertz CT molecular complexity index is 1440. The predicted molar refractivity (Wildman–Crippen MR) is 146 cm³/mol. The van der Waals surface area contributed by atoms with Gasteiger partial charge in [0, 0.05) is 27.3 Å². The van der Waals surface area contributed by atoms with Crippen LogP contribution in [0.2, 0.25) is 5.02 Å². The summed E-state index contributed by atoms with van der Waals surface area (Å²) < 4.78 is 7.70. The number of anilines is 1. The molecule has 184 valence electrons. The Morgan fingerprint density at radius 2 is 1.89 bits per heavy atom. The summed E-state index contributed by atoms with van der Waals surface area (Å²) in [6.45, 7) is 2.53. The van der Waals surface area contributed by atoms with Crippen molar-refractivity contribution in [1.82, 2.24) is 9.47 Å². The lowest BCUT2D eigenvalue weighted by molar-refractivity contribution is 0.194. The third-order valence-electron chi connectivity index (χ3n) is 7.31. The summed E-state index contributed by atoms with van der Waals surface area (Å²) in [5.41, 5.74) is 6.54. The van der Waals surface area contributed by atoms with E-state index >= 15 is 0 Å². The second-order valence-corrected chi connectivity index (χ2v) is 11.0. The topological polar surface area (TPSA) is 46.5 Å². The maximum atomic E-state index is 14.1. The van der Waals surface area contributed by atoms with Gasteiger partial charge in [-0.1, -0.05) is 29.8 Å². The molecule has 2 aromatic heterocycles. The van der Waals surface area contributed by atoms with E-state index in [0.717, 1.165) is 41.1 Å². The molecular weight excluding hydrogens is 490 g/mol. The maximum Gasteiger partial charge on any atom is 0.322 e. The molecular formula is C29H28ClN3O2S. The first-order valence-corrected chi connectivity index (χ1v) is 13.5. The van der Waals surface area contributed by atoms with E-state index in [4.69, 9.17) is 16.3 Å². The number of nitrogens with zero attached hydrogens (tertiary/aromatic N) is 2. The van der Waals surface area contributed by atoms with E-state index < -0.39 is 0 Å². The zero-order chi connectivity index (χ0) is 24.8. The van der Waals surface area contributed by atoms with Crippen LogP contribution in [0.4, 0.5) is 10.5 Å². The van der Waals surface area contributed by atoms with E-state index in [9.17, 15) is 4.79 Å². The van der Waals surface area contributed by atoms with Crippen LogP contribution < -0.4 is 10.1 Å². The van der Waals surface area contributed by atoms with Gasteiger partial charge in [-0.2, -0.15) is 0 Å². The summed E-state index contributed by atoms with van der Waals surface area (Å²) in [5.74, 6) is 0.793. The van der Waals surface area contributed by atoms with Gasteiger partial charge < -0.3 is 19.5 Å². The van der Waals surface area contributed by atoms with Gasteiger partial charge in [0.15, 0.2) is 0 Å². The highest BCUT2D eigenvalue weighted by atomic mass is 35.5. The summed E-state index contributed by atoms with van der Waals surface area (Å²) in [4.78, 5) is 17.5. The average Bonchev–Trinajstić information content (AvgIpc) is 3.48. The number of aromatic nitrogens is 1. The summed E-state index contributed by atoms with van der Waals surface area (Å²) in [6, 6.07) is 17.4. The molecule has 0 bridgehead atoms. The highest BCUT2D eigenvalue weighted by Crippen LogP contribution is 2.44. The van der Waals surface area contributed by atoms with Crippen LogP contribution in [-0.4, -0.2) is 22.6 Å². The van der Waals surface area contributed by atoms with E-state index in [1.165, 1.54) is 33.8 Å². The number of rotatable bonds is 3. The molecule has 0 spiro atoms. The fourth-order valence-corrected chi connectivity index (χ4v) is 7.02. The Balaban J connectivity index is 1.49. The Morgan fingerprint density at radius 3 is 2.69 bits per heavy atom. The zero-order valence-electron chi connectivity index (χ0n) is 20.4. The number of urea groups is 1. The Hall–Kier alpha value is -3.22. The molecule has 7 heteroatoms. The molecule has 1 aliphatic carbocycles. The van der Waals surface area contributed by atoms with Crippen LogP contribution in [0.25, 0.3) is 5.00 Å². The lowest BCUT2D eigenvalue weighted by atomic mass is 9.95. The zero-order valence-corrected chi connectivity index (χ0v) is 22.0. The molecule has 0 unspecified atom stereocenters. The van der Waals surface area contributed by atoms with Crippen LogP contribution in [0.3, 0.4) is 0 Å². The van der Waals surface area contributed by atoms with Crippen molar-refractivity contribution in [2.24, 2.45) is 0 Å². The fraction of sp³-hybridized carbons (Fsp3) is 0.276. The molecule has 1 atom stereocenters. The fourth-order valence-electron chi connectivity index (χ4n) is 5.44. The number of benzene rings is 2. The number of halogens is 1. The van der Waals surface area contributed by atoms with E-state index in [1.54, 1.807) is 7.11 Å². The van der Waals surface area contributed by atoms with Crippen molar-refractivity contribution in [2.45, 2.75) is 45.2 Å². The quantitative estimate of drug-likeness (QED) is 0.305. The Kier molecular flexibility index (Phi) is 6.02. The standard InChI is InChI=1S/C29H28ClN3O2S/c1-18-9-12-20(30)16-24(18)31-29(34)33-17-23-22-6-3-4-8-26(22)36-28(23)32-15-5-7-25(32)27(33)19-10-13-21(35-2)14-11-19/h5,7,9-16,27H,3-4,6,8,17H2,1-2H3,(H,31,34)/t27-/m1/s1. The van der Waals surface area contributed by atoms with Gasteiger partial charge in [0.25, 0.3) is 0 Å². The molecule has 36 heavy (non-hydrogen) atoms. The Morgan fingerprint density at radius 1 is 1.08 bits per heavy atom. The van der Waals surface area contributed by atoms with Gasteiger partial charge in [-0.3, -0.25) is 0 Å². The number of hydrogen-bond donors (Lipinski definition) is 1. The minimum absolute atomic E-state index is 0.141. The highest BCUT2D eigenvalue weighted by Gasteiger charge is 2.36. The van der Waals surface area contributed by atoms with Gasteiger partial charge in [0.2, 0.25) is 0 Å². The first-order chi connectivity index (χ1) is 17.5. The van der Waals surface area contributed by atoms with Crippen molar-refractivity contribution in [3.05, 3.63) is 98.6 Å². The first-order valence-electron chi connectivity index (χ1n) is 12.3. The van der Waals surface area contributed by atoms with Crippen LogP contribution in [-0.2, 0) is 19.4 Å². The second kappa shape index (κ2) is 9.34. The molecule has 0 radical (unpaired) electrons. The van der Waals surface area contributed by atoms with Gasteiger partial charge >= 0.3 is 6.03 Å². The minimum Gasteiger partial charge on any atom is -0.497 e. The summed E-state index contributed by atoms with van der Waals surface area (Å²) in [7, 11) is 1.67. The first kappa shape index (κ1) is 23.2. The van der Waals surface area contributed by atoms with E-state index in [1.807, 2.05) is 53.5 Å². The van der Waals surface area contributed by atoms with Crippen molar-refractivity contribution in [2.75, 3.05) is 12.4 Å². The SMILES string of the molecule is COc1ccc([C@@H]2c3cccn3-c3sc4c(c3CN2C(=O)Nc2cc(Cl)ccc2C)CCCC4)cc1. The monoisotopic (exact) mass is 517 g/mol. The lowest BCUT2D eigenvalue weighted by Gasteiger charge is -2.31. The van der Waals surface area contributed by atoms with Gasteiger partial charge in [0.1, 0.15) is 10.8 Å². The molecule has 0 saturated heterocycles. The summed E-state index contributed by atoms with van der Waals surface area (Å²) in [5, 5.41) is 5.01. The van der Waals surface area contributed by atoms with E-state index in [-0.39, 0.29) is 12.1 Å². The van der Waals surface area contributed by atoms with Crippen LogP contribution in [0.5, 0.6) is 5.75 Å². The largest absolute Gasteiger partial charge is 0.497 e. The van der Waals surface area contributed by atoms with Crippen LogP contribution in [0, 0.1) is 6.92 Å². The van der Waals surface area contributed by atoms with Crippen molar-refractivity contribution in [1.29, 1.82) is 0 Å². The molecule has 2 aromatic carbocycles. The van der Waals surface area contributed by atoms with Crippen molar-refractivity contribution >= 4 is 34.7 Å². The summed E-state index contributed by atoms with van der Waals surface area (Å²) >= 11 is 8.16. The van der Waals surface area contributed by atoms with Crippen molar-refractivity contribution < 1.29 is 9.53 Å². The number of carbonyl (C=O) groups excluding carboxylic acids is 1. The number of carbonyl (C=O) groups is 1.